The zero-order valence-corrected chi connectivity index (χ0v) is 31.5. The van der Waals surface area contributed by atoms with Crippen molar-refractivity contribution in [2.24, 2.45) is 5.92 Å². The lowest BCUT2D eigenvalue weighted by Crippen LogP contribution is -2.59. The average molecular weight is 759 g/mol. The van der Waals surface area contributed by atoms with Gasteiger partial charge in [-0.3, -0.25) is 28.8 Å². The standard InChI is InChI=1S/C40H50N6O9/c1-23(2)19-30-36(49)42-24(3)40(53)46-22-27(47)21-32(46)38(51)41-18-8-11-29(35(48)45-31(37(50)44-30)20-25-9-6-5-7-10-25)43-39(52)34-17-16-33(55-34)26-12-14-28(54-4)15-13-26/h5-7,9-10,12-17,23-24,27,29-32,47H,8,11,18-22H2,1-4H3,(H,41,51)(H,42,49)(H,43,52)(H,44,50)(H,45,48)/t24-,27+,29-,30-,31+,32-/m0/s1. The van der Waals surface area contributed by atoms with Gasteiger partial charge in [0.25, 0.3) is 5.91 Å². The molecule has 15 nitrogen and oxygen atoms in total. The van der Waals surface area contributed by atoms with Crippen LogP contribution in [0.2, 0.25) is 0 Å². The van der Waals surface area contributed by atoms with Crippen LogP contribution in [0.4, 0.5) is 0 Å². The van der Waals surface area contributed by atoms with Crippen LogP contribution in [-0.4, -0.2) is 102 Å². The highest BCUT2D eigenvalue weighted by Crippen LogP contribution is 2.25. The van der Waals surface area contributed by atoms with Crippen LogP contribution in [0.5, 0.6) is 5.75 Å². The molecule has 6 N–H and O–H groups in total. The summed E-state index contributed by atoms with van der Waals surface area (Å²) in [4.78, 5) is 83.4. The van der Waals surface area contributed by atoms with E-state index in [4.69, 9.17) is 9.15 Å². The van der Waals surface area contributed by atoms with Gasteiger partial charge in [-0.25, -0.2) is 0 Å². The van der Waals surface area contributed by atoms with Crippen molar-refractivity contribution in [2.45, 2.75) is 89.2 Å². The molecule has 0 radical (unpaired) electrons. The van der Waals surface area contributed by atoms with Crippen LogP contribution in [-0.2, 0) is 30.4 Å². The Morgan fingerprint density at radius 2 is 1.60 bits per heavy atom. The van der Waals surface area contributed by atoms with Crippen molar-refractivity contribution in [3.63, 3.8) is 0 Å². The van der Waals surface area contributed by atoms with E-state index in [9.17, 15) is 33.9 Å². The molecule has 2 fully saturated rings. The number of rotatable bonds is 8. The predicted octanol–water partition coefficient (Wildman–Crippen LogP) is 1.69. The summed E-state index contributed by atoms with van der Waals surface area (Å²) in [6.07, 6.45) is -0.368. The first kappa shape index (κ1) is 40.5. The first-order valence-corrected chi connectivity index (χ1v) is 18.6. The van der Waals surface area contributed by atoms with Gasteiger partial charge < -0.3 is 45.7 Å². The molecule has 15 heteroatoms. The maximum atomic E-state index is 14.1. The summed E-state index contributed by atoms with van der Waals surface area (Å²) in [5, 5.41) is 24.2. The molecule has 1 aromatic heterocycles. The molecule has 294 valence electrons. The lowest BCUT2D eigenvalue weighted by molar-refractivity contribution is -0.141. The number of nitrogens with zero attached hydrogens (tertiary/aromatic N) is 1. The fourth-order valence-electron chi connectivity index (χ4n) is 6.74. The zero-order chi connectivity index (χ0) is 39.6. The third-order valence-corrected chi connectivity index (χ3v) is 9.64. The summed E-state index contributed by atoms with van der Waals surface area (Å²) in [7, 11) is 1.56. The van der Waals surface area contributed by atoms with Crippen molar-refractivity contribution in [2.75, 3.05) is 20.2 Å². The van der Waals surface area contributed by atoms with E-state index in [0.717, 1.165) is 5.56 Å². The summed E-state index contributed by atoms with van der Waals surface area (Å²) >= 11 is 0. The number of furan rings is 1. The number of aliphatic hydroxyl groups is 1. The van der Waals surface area contributed by atoms with Crippen LogP contribution in [0.25, 0.3) is 11.3 Å². The van der Waals surface area contributed by atoms with Gasteiger partial charge in [-0.05, 0) is 74.1 Å². The van der Waals surface area contributed by atoms with Gasteiger partial charge in [0, 0.05) is 31.5 Å². The number of aliphatic hydroxyl groups excluding tert-OH is 1. The van der Waals surface area contributed by atoms with Crippen molar-refractivity contribution in [3.8, 4) is 17.1 Å². The van der Waals surface area contributed by atoms with Crippen LogP contribution >= 0.6 is 0 Å². The molecule has 2 aliphatic rings. The van der Waals surface area contributed by atoms with Gasteiger partial charge in [-0.2, -0.15) is 0 Å². The van der Waals surface area contributed by atoms with Gasteiger partial charge in [-0.15, -0.1) is 0 Å². The molecule has 3 heterocycles. The summed E-state index contributed by atoms with van der Waals surface area (Å²) in [6, 6.07) is 13.8. The van der Waals surface area contributed by atoms with Crippen LogP contribution in [0.3, 0.4) is 0 Å². The first-order valence-electron chi connectivity index (χ1n) is 18.6. The topological polar surface area (TPSA) is 208 Å². The van der Waals surface area contributed by atoms with Crippen LogP contribution in [0, 0.1) is 5.92 Å². The number of ether oxygens (including phenoxy) is 1. The number of methoxy groups -OCH3 is 1. The van der Waals surface area contributed by atoms with E-state index in [-0.39, 0.29) is 56.9 Å². The molecule has 5 rings (SSSR count). The molecule has 6 atom stereocenters. The van der Waals surface area contributed by atoms with Crippen molar-refractivity contribution >= 4 is 35.4 Å². The monoisotopic (exact) mass is 758 g/mol. The van der Waals surface area contributed by atoms with Crippen LogP contribution < -0.4 is 31.3 Å². The molecule has 2 saturated heterocycles. The Kier molecular flexibility index (Phi) is 13.7. The summed E-state index contributed by atoms with van der Waals surface area (Å²) < 4.78 is 11.1. The maximum Gasteiger partial charge on any atom is 0.287 e. The van der Waals surface area contributed by atoms with Crippen molar-refractivity contribution in [1.29, 1.82) is 0 Å². The molecule has 2 aliphatic heterocycles. The SMILES string of the molecule is COc1ccc(-c2ccc(C(=O)N[C@H]3CCCNC(=O)[C@@H]4C[C@@H](O)CN4C(=O)[C@H](C)NC(=O)[C@H](CC(C)C)NC(=O)[C@@H](Cc4ccccc4)NC3=O)o2)cc1. The second kappa shape index (κ2) is 18.6. The highest BCUT2D eigenvalue weighted by Gasteiger charge is 2.41. The largest absolute Gasteiger partial charge is 0.497 e. The van der Waals surface area contributed by atoms with E-state index in [1.54, 1.807) is 61.7 Å². The molecule has 2 aromatic carbocycles. The fourth-order valence-corrected chi connectivity index (χ4v) is 6.74. The van der Waals surface area contributed by atoms with E-state index in [1.807, 2.05) is 19.9 Å². The minimum atomic E-state index is -1.18. The Morgan fingerprint density at radius 1 is 0.909 bits per heavy atom. The van der Waals surface area contributed by atoms with E-state index in [2.05, 4.69) is 26.6 Å². The number of carbonyl (C=O) groups is 6. The fraction of sp³-hybridized carbons (Fsp3) is 0.450. The molecule has 3 aromatic rings. The summed E-state index contributed by atoms with van der Waals surface area (Å²) in [5.41, 5.74) is 1.44. The quantitative estimate of drug-likeness (QED) is 0.197. The zero-order valence-electron chi connectivity index (χ0n) is 31.5. The summed E-state index contributed by atoms with van der Waals surface area (Å²) in [5.74, 6) is -2.65. The third kappa shape index (κ3) is 10.7. The van der Waals surface area contributed by atoms with Crippen LogP contribution in [0.15, 0.2) is 71.1 Å². The average Bonchev–Trinajstić information content (AvgIpc) is 3.82. The molecule has 0 aliphatic carbocycles. The Hall–Kier alpha value is -5.70. The molecular weight excluding hydrogens is 708 g/mol. The number of fused-ring (bicyclic) bond motifs is 1. The highest BCUT2D eigenvalue weighted by atomic mass is 16.5. The second-order valence-corrected chi connectivity index (χ2v) is 14.4. The van der Waals surface area contributed by atoms with Gasteiger partial charge in [-0.1, -0.05) is 44.2 Å². The summed E-state index contributed by atoms with van der Waals surface area (Å²) in [6.45, 7) is 5.23. The van der Waals surface area contributed by atoms with E-state index < -0.39 is 71.8 Å². The smallest absolute Gasteiger partial charge is 0.287 e. The number of hydrogen-bond donors (Lipinski definition) is 6. The maximum absolute atomic E-state index is 14.1. The Balaban J connectivity index is 1.43. The molecule has 55 heavy (non-hydrogen) atoms. The van der Waals surface area contributed by atoms with Gasteiger partial charge in [0.1, 0.15) is 41.7 Å². The molecule has 0 unspecified atom stereocenters. The second-order valence-electron chi connectivity index (χ2n) is 14.4. The van der Waals surface area contributed by atoms with Crippen LogP contribution in [0.1, 0.15) is 62.6 Å². The van der Waals surface area contributed by atoms with Crippen molar-refractivity contribution < 1.29 is 43.0 Å². The molecule has 6 amide bonds. The molecular formula is C40H50N6O9. The number of amides is 6. The van der Waals surface area contributed by atoms with Crippen molar-refractivity contribution in [1.82, 2.24) is 31.5 Å². The number of hydrogen-bond acceptors (Lipinski definition) is 9. The van der Waals surface area contributed by atoms with Crippen molar-refractivity contribution in [3.05, 3.63) is 78.1 Å². The van der Waals surface area contributed by atoms with Gasteiger partial charge in [0.05, 0.1) is 13.2 Å². The Bertz CT molecular complexity index is 1830. The van der Waals surface area contributed by atoms with E-state index in [1.165, 1.54) is 17.9 Å². The van der Waals surface area contributed by atoms with Gasteiger partial charge >= 0.3 is 0 Å². The highest BCUT2D eigenvalue weighted by molar-refractivity contribution is 5.98. The minimum Gasteiger partial charge on any atom is -0.497 e. The molecule has 0 saturated carbocycles. The predicted molar refractivity (Wildman–Crippen MR) is 201 cm³/mol. The number of benzene rings is 2. The lowest BCUT2D eigenvalue weighted by atomic mass is 10.00. The third-order valence-electron chi connectivity index (χ3n) is 9.64. The molecule has 0 bridgehead atoms. The van der Waals surface area contributed by atoms with Gasteiger partial charge in [0.2, 0.25) is 29.5 Å². The number of carbonyl (C=O) groups excluding carboxylic acids is 6. The normalized spacial score (nSPS) is 24.5. The molecule has 0 spiro atoms. The minimum absolute atomic E-state index is 0.00975. The van der Waals surface area contributed by atoms with Gasteiger partial charge in [0.15, 0.2) is 5.76 Å². The number of nitrogens with one attached hydrogen (secondary N) is 5. The van der Waals surface area contributed by atoms with E-state index >= 15 is 0 Å². The Morgan fingerprint density at radius 3 is 2.29 bits per heavy atom. The Labute approximate surface area is 319 Å². The van der Waals surface area contributed by atoms with E-state index in [0.29, 0.717) is 17.1 Å². The first-order chi connectivity index (χ1) is 26.3. The lowest BCUT2D eigenvalue weighted by Gasteiger charge is -2.29.